The van der Waals surface area contributed by atoms with Crippen LogP contribution in [0, 0.1) is 0 Å². The number of aliphatic hydroxyl groups is 1. The van der Waals surface area contributed by atoms with Crippen molar-refractivity contribution in [3.63, 3.8) is 0 Å². The van der Waals surface area contributed by atoms with E-state index in [2.05, 4.69) is 165 Å². The zero-order valence-electron chi connectivity index (χ0n) is 44.2. The van der Waals surface area contributed by atoms with E-state index in [1.165, 1.54) is 32.1 Å². The van der Waals surface area contributed by atoms with Crippen molar-refractivity contribution in [1.29, 1.82) is 0 Å². The third kappa shape index (κ3) is 52.0. The van der Waals surface area contributed by atoms with Crippen LogP contribution in [-0.2, 0) is 18.4 Å². The van der Waals surface area contributed by atoms with Gasteiger partial charge in [0.15, 0.2) is 0 Å². The van der Waals surface area contributed by atoms with E-state index >= 15 is 0 Å². The van der Waals surface area contributed by atoms with E-state index in [-0.39, 0.29) is 19.1 Å². The van der Waals surface area contributed by atoms with Crippen LogP contribution in [-0.4, -0.2) is 73.4 Å². The molecule has 69 heavy (non-hydrogen) atoms. The molecule has 3 atom stereocenters. The average Bonchev–Trinajstić information content (AvgIpc) is 3.31. The number of phosphoric ester groups is 1. The lowest BCUT2D eigenvalue weighted by atomic mass is 10.0. The van der Waals surface area contributed by atoms with Gasteiger partial charge in [-0.1, -0.05) is 211 Å². The average molecular weight is 976 g/mol. The van der Waals surface area contributed by atoms with Crippen molar-refractivity contribution in [3.8, 4) is 0 Å². The molecule has 0 aliphatic rings. The van der Waals surface area contributed by atoms with Crippen LogP contribution < -0.4 is 5.32 Å². The highest BCUT2D eigenvalue weighted by Crippen LogP contribution is 2.43. The normalized spacial score (nSPS) is 15.2. The number of quaternary nitrogens is 1. The molecule has 0 saturated heterocycles. The lowest BCUT2D eigenvalue weighted by Gasteiger charge is -2.26. The summed E-state index contributed by atoms with van der Waals surface area (Å²) in [6.45, 7) is 4.67. The Morgan fingerprint density at radius 2 is 0.870 bits per heavy atom. The molecule has 0 aromatic heterocycles. The third-order valence-electron chi connectivity index (χ3n) is 10.9. The number of aliphatic hydroxyl groups excluding tert-OH is 1. The molecule has 3 N–H and O–H groups in total. The minimum Gasteiger partial charge on any atom is -0.391 e. The number of hydrogen-bond acceptors (Lipinski definition) is 5. The second-order valence-corrected chi connectivity index (χ2v) is 20.0. The van der Waals surface area contributed by atoms with Gasteiger partial charge < -0.3 is 19.8 Å². The second-order valence-electron chi connectivity index (χ2n) is 18.5. The summed E-state index contributed by atoms with van der Waals surface area (Å²) in [5.41, 5.74) is 0. The summed E-state index contributed by atoms with van der Waals surface area (Å²) in [5.74, 6) is -0.197. The summed E-state index contributed by atoms with van der Waals surface area (Å²) in [5, 5.41) is 13.9. The lowest BCUT2D eigenvalue weighted by molar-refractivity contribution is -0.870. The number of rotatable bonds is 46. The Kier molecular flexibility index (Phi) is 46.8. The number of allylic oxidation sites excluding steroid dienone is 24. The fourth-order valence-electron chi connectivity index (χ4n) is 6.67. The van der Waals surface area contributed by atoms with Gasteiger partial charge in [-0.2, -0.15) is 0 Å². The van der Waals surface area contributed by atoms with Gasteiger partial charge in [0.2, 0.25) is 5.91 Å². The summed E-state index contributed by atoms with van der Waals surface area (Å²) in [7, 11) is 1.56. The van der Waals surface area contributed by atoms with Crippen LogP contribution in [0.25, 0.3) is 0 Å². The predicted octanol–water partition coefficient (Wildman–Crippen LogP) is 16.1. The molecule has 0 aliphatic heterocycles. The SMILES string of the molecule is CC/C=C\C/C=C\C/C=C\C/C=C\C/C=C\C/C=C\C/C=C\C/C=C\C/C=C\C/C=C\C/C=C\C/C=C\CCCCC(=O)NC(COP(=O)(O)OCC[N+](C)(C)C)C(O)CCCCCCCCCC. The molecule has 0 aliphatic carbocycles. The van der Waals surface area contributed by atoms with Crippen LogP contribution >= 0.6 is 7.82 Å². The van der Waals surface area contributed by atoms with Crippen LogP contribution in [0.3, 0.4) is 0 Å². The Morgan fingerprint density at radius 1 is 0.507 bits per heavy atom. The second kappa shape index (κ2) is 49.4. The molecule has 9 heteroatoms. The van der Waals surface area contributed by atoms with Crippen LogP contribution in [0.5, 0.6) is 0 Å². The summed E-state index contributed by atoms with van der Waals surface area (Å²) >= 11 is 0. The van der Waals surface area contributed by atoms with E-state index in [0.29, 0.717) is 30.3 Å². The van der Waals surface area contributed by atoms with Crippen molar-refractivity contribution in [3.05, 3.63) is 146 Å². The number of carbonyl (C=O) groups is 1. The summed E-state index contributed by atoms with van der Waals surface area (Å²) in [6, 6.07) is -0.792. The number of amides is 1. The summed E-state index contributed by atoms with van der Waals surface area (Å²) in [4.78, 5) is 23.1. The topological polar surface area (TPSA) is 105 Å². The first kappa shape index (κ1) is 65.4. The third-order valence-corrected chi connectivity index (χ3v) is 11.8. The zero-order valence-corrected chi connectivity index (χ0v) is 45.1. The molecule has 390 valence electrons. The standard InChI is InChI=1S/C60H99N2O6P/c1-6-8-10-12-14-16-17-18-19-20-21-22-23-24-25-26-27-28-29-30-31-32-33-34-35-36-37-38-39-40-41-42-43-44-45-46-48-50-52-54-60(64)61-58(57-68-69(65,66)67-56-55-62(3,4)5)59(63)53-51-49-47-15-13-11-9-7-2/h8,10,14,16,18-19,21-22,24-25,27-28,30-31,33-34,36-37,39-40,42-43,45-46,58-59,63H,6-7,9,11-13,15,17,20,23,26,29,32,35,38,41,44,47-57H2,1-5H3,(H-,61,64,65,66)/p+1/b10-8-,16-14-,19-18-,22-21-,25-24-,28-27-,31-30-,34-33-,37-36-,40-39-,43-42-,46-45-. The van der Waals surface area contributed by atoms with E-state index in [0.717, 1.165) is 109 Å². The summed E-state index contributed by atoms with van der Waals surface area (Å²) < 4.78 is 23.5. The maximum absolute atomic E-state index is 12.9. The smallest absolute Gasteiger partial charge is 0.391 e. The molecule has 0 aromatic carbocycles. The molecule has 0 saturated carbocycles. The zero-order chi connectivity index (χ0) is 50.6. The van der Waals surface area contributed by atoms with Crippen molar-refractivity contribution in [2.45, 2.75) is 187 Å². The maximum atomic E-state index is 12.9. The molecular weight excluding hydrogens is 876 g/mol. The highest BCUT2D eigenvalue weighted by molar-refractivity contribution is 7.47. The molecule has 0 spiro atoms. The highest BCUT2D eigenvalue weighted by atomic mass is 31.2. The van der Waals surface area contributed by atoms with Crippen molar-refractivity contribution in [1.82, 2.24) is 5.32 Å². The molecule has 3 unspecified atom stereocenters. The molecule has 0 radical (unpaired) electrons. The number of phosphoric acid groups is 1. The molecule has 0 fully saturated rings. The van der Waals surface area contributed by atoms with Crippen molar-refractivity contribution < 1.29 is 32.9 Å². The number of likely N-dealkylation sites (N-methyl/N-ethyl adjacent to an activating group) is 1. The number of nitrogens with one attached hydrogen (secondary N) is 1. The van der Waals surface area contributed by atoms with E-state index in [9.17, 15) is 19.4 Å². The predicted molar refractivity (Wildman–Crippen MR) is 299 cm³/mol. The Balaban J connectivity index is 4.16. The van der Waals surface area contributed by atoms with Crippen LogP contribution in [0.15, 0.2) is 146 Å². The van der Waals surface area contributed by atoms with Gasteiger partial charge in [-0.05, 0) is 103 Å². The number of nitrogens with zero attached hydrogens (tertiary/aromatic N) is 1. The first-order valence-electron chi connectivity index (χ1n) is 26.7. The summed E-state index contributed by atoms with van der Waals surface area (Å²) in [6.07, 6.45) is 76.4. The molecule has 0 heterocycles. The first-order chi connectivity index (χ1) is 33.5. The van der Waals surface area contributed by atoms with Gasteiger partial charge in [-0.15, -0.1) is 0 Å². The molecule has 8 nitrogen and oxygen atoms in total. The monoisotopic (exact) mass is 976 g/mol. The number of hydrogen-bond donors (Lipinski definition) is 3. The largest absolute Gasteiger partial charge is 0.472 e. The van der Waals surface area contributed by atoms with Crippen molar-refractivity contribution in [2.75, 3.05) is 40.9 Å². The van der Waals surface area contributed by atoms with Gasteiger partial charge in [0.1, 0.15) is 13.2 Å². The Labute approximate surface area is 423 Å². The van der Waals surface area contributed by atoms with Gasteiger partial charge in [-0.25, -0.2) is 4.57 Å². The molecule has 0 rings (SSSR count). The quantitative estimate of drug-likeness (QED) is 0.0243. The Morgan fingerprint density at radius 3 is 1.25 bits per heavy atom. The minimum atomic E-state index is -4.33. The van der Waals surface area contributed by atoms with E-state index < -0.39 is 20.0 Å². The van der Waals surface area contributed by atoms with Gasteiger partial charge in [0, 0.05) is 6.42 Å². The molecule has 0 aromatic rings. The molecular formula is C60H100N2O6P+. The van der Waals surface area contributed by atoms with Crippen LogP contribution in [0.2, 0.25) is 0 Å². The lowest BCUT2D eigenvalue weighted by Crippen LogP contribution is -2.46. The Hall–Kier alpha value is -3.62. The molecule has 0 bridgehead atoms. The van der Waals surface area contributed by atoms with Crippen LogP contribution in [0.4, 0.5) is 0 Å². The van der Waals surface area contributed by atoms with Gasteiger partial charge >= 0.3 is 7.82 Å². The fourth-order valence-corrected chi connectivity index (χ4v) is 7.41. The number of unbranched alkanes of at least 4 members (excludes halogenated alkanes) is 9. The van der Waals surface area contributed by atoms with E-state index in [1.54, 1.807) is 0 Å². The van der Waals surface area contributed by atoms with Crippen molar-refractivity contribution in [2.24, 2.45) is 0 Å². The maximum Gasteiger partial charge on any atom is 0.472 e. The minimum absolute atomic E-state index is 0.0575. The van der Waals surface area contributed by atoms with Gasteiger partial charge in [0.25, 0.3) is 0 Å². The first-order valence-corrected chi connectivity index (χ1v) is 28.2. The van der Waals surface area contributed by atoms with Crippen LogP contribution in [0.1, 0.15) is 174 Å². The highest BCUT2D eigenvalue weighted by Gasteiger charge is 2.28. The van der Waals surface area contributed by atoms with E-state index in [4.69, 9.17) is 9.05 Å². The van der Waals surface area contributed by atoms with Crippen molar-refractivity contribution >= 4 is 13.7 Å². The van der Waals surface area contributed by atoms with E-state index in [1.807, 2.05) is 21.1 Å². The van der Waals surface area contributed by atoms with Gasteiger partial charge in [0.05, 0.1) is 39.9 Å². The fraction of sp³-hybridized carbons (Fsp3) is 0.583. The van der Waals surface area contributed by atoms with Gasteiger partial charge in [-0.3, -0.25) is 13.8 Å². The molecule has 1 amide bonds. The number of carbonyl (C=O) groups excluding carboxylic acids is 1. The Bertz CT molecular complexity index is 1620.